The summed E-state index contributed by atoms with van der Waals surface area (Å²) in [4.78, 5) is 0. The Labute approximate surface area is 88.9 Å². The highest BCUT2D eigenvalue weighted by Crippen LogP contribution is 2.33. The highest BCUT2D eigenvalue weighted by molar-refractivity contribution is 5.90. The third kappa shape index (κ3) is 1.19. The molecule has 2 aromatic rings. The number of rotatable bonds is 0. The van der Waals surface area contributed by atoms with Gasteiger partial charge in [0.2, 0.25) is 0 Å². The number of hydrogen-bond donors (Lipinski definition) is 2. The molecule has 0 fully saturated rings. The number of hydrogen-bond acceptors (Lipinski definition) is 2. The fraction of sp³-hybridized carbons (Fsp3) is 0.231. The zero-order chi connectivity index (χ0) is 10.4. The molecule has 0 amide bonds. The third-order valence-corrected chi connectivity index (χ3v) is 3.30. The van der Waals surface area contributed by atoms with E-state index in [2.05, 4.69) is 36.4 Å². The van der Waals surface area contributed by atoms with E-state index in [1.807, 2.05) is 0 Å². The van der Waals surface area contributed by atoms with E-state index in [9.17, 15) is 0 Å². The zero-order valence-electron chi connectivity index (χ0n) is 8.48. The van der Waals surface area contributed by atoms with Crippen LogP contribution in [0, 0.1) is 0 Å². The van der Waals surface area contributed by atoms with Crippen LogP contribution >= 0.6 is 0 Å². The van der Waals surface area contributed by atoms with E-state index in [1.165, 1.54) is 21.9 Å². The van der Waals surface area contributed by atoms with E-state index in [0.29, 0.717) is 0 Å². The molecule has 4 N–H and O–H groups in total. The largest absolute Gasteiger partial charge is 0.326 e. The van der Waals surface area contributed by atoms with Crippen LogP contribution in [0.5, 0.6) is 0 Å². The van der Waals surface area contributed by atoms with Crippen molar-refractivity contribution in [1.82, 2.24) is 0 Å². The summed E-state index contributed by atoms with van der Waals surface area (Å²) >= 11 is 0. The molecule has 2 atom stereocenters. The Morgan fingerprint density at radius 1 is 1.00 bits per heavy atom. The predicted octanol–water partition coefficient (Wildman–Crippen LogP) is 1.72. The molecule has 0 saturated heterocycles. The minimum atomic E-state index is -0.0244. The maximum Gasteiger partial charge on any atom is 0.0458 e. The standard InChI is InChI=1S/C13H14N2/c14-11-7-9-5-1-3-8-4-2-6-10(12(8)9)13(11)15/h1-6,11,13H,7,14-15H2. The van der Waals surface area contributed by atoms with Crippen LogP contribution in [0.4, 0.5) is 0 Å². The first kappa shape index (κ1) is 8.89. The average molecular weight is 198 g/mol. The van der Waals surface area contributed by atoms with Gasteiger partial charge in [0, 0.05) is 12.1 Å². The minimum Gasteiger partial charge on any atom is -0.326 e. The Kier molecular flexibility index (Phi) is 1.81. The lowest BCUT2D eigenvalue weighted by Gasteiger charge is -2.28. The molecule has 2 unspecified atom stereocenters. The number of benzene rings is 2. The van der Waals surface area contributed by atoms with Crippen LogP contribution in [0.1, 0.15) is 17.2 Å². The van der Waals surface area contributed by atoms with Gasteiger partial charge < -0.3 is 11.5 Å². The molecule has 2 heteroatoms. The topological polar surface area (TPSA) is 52.0 Å². The van der Waals surface area contributed by atoms with Crippen LogP contribution in [-0.4, -0.2) is 6.04 Å². The van der Waals surface area contributed by atoms with Crippen LogP contribution in [0.25, 0.3) is 10.8 Å². The molecule has 2 aromatic carbocycles. The maximum absolute atomic E-state index is 6.12. The lowest BCUT2D eigenvalue weighted by atomic mass is 9.83. The van der Waals surface area contributed by atoms with Crippen LogP contribution in [0.2, 0.25) is 0 Å². The average Bonchev–Trinajstić information content (AvgIpc) is 2.26. The molecular formula is C13H14N2. The Balaban J connectivity index is 2.41. The summed E-state index contributed by atoms with van der Waals surface area (Å²) in [6, 6.07) is 12.7. The van der Waals surface area contributed by atoms with E-state index < -0.39 is 0 Å². The minimum absolute atomic E-state index is 0.0244. The van der Waals surface area contributed by atoms with Crippen molar-refractivity contribution < 1.29 is 0 Å². The summed E-state index contributed by atoms with van der Waals surface area (Å²) in [7, 11) is 0. The SMILES string of the molecule is NC1Cc2cccc3cccc(c23)C1N. The molecule has 1 aliphatic rings. The van der Waals surface area contributed by atoms with E-state index in [0.717, 1.165) is 6.42 Å². The van der Waals surface area contributed by atoms with Crippen LogP contribution in [0.3, 0.4) is 0 Å². The van der Waals surface area contributed by atoms with Crippen LogP contribution < -0.4 is 11.5 Å². The molecule has 0 radical (unpaired) electrons. The molecule has 0 aromatic heterocycles. The van der Waals surface area contributed by atoms with Gasteiger partial charge in [0.05, 0.1) is 0 Å². The van der Waals surface area contributed by atoms with Crippen LogP contribution in [-0.2, 0) is 6.42 Å². The molecule has 15 heavy (non-hydrogen) atoms. The fourth-order valence-corrected chi connectivity index (χ4v) is 2.51. The van der Waals surface area contributed by atoms with Gasteiger partial charge in [-0.2, -0.15) is 0 Å². The summed E-state index contributed by atoms with van der Waals surface area (Å²) in [5, 5.41) is 2.58. The second-order valence-corrected chi connectivity index (χ2v) is 4.26. The summed E-state index contributed by atoms with van der Waals surface area (Å²) in [6.45, 7) is 0. The quantitative estimate of drug-likeness (QED) is 0.677. The fourth-order valence-electron chi connectivity index (χ4n) is 2.51. The first-order chi connectivity index (χ1) is 7.27. The van der Waals surface area contributed by atoms with Crippen molar-refractivity contribution in [3.63, 3.8) is 0 Å². The van der Waals surface area contributed by atoms with Crippen molar-refractivity contribution in [2.75, 3.05) is 0 Å². The molecule has 0 bridgehead atoms. The van der Waals surface area contributed by atoms with Crippen molar-refractivity contribution in [1.29, 1.82) is 0 Å². The Hall–Kier alpha value is -1.38. The normalized spacial score (nSPS) is 24.4. The van der Waals surface area contributed by atoms with E-state index >= 15 is 0 Å². The molecule has 2 nitrogen and oxygen atoms in total. The second kappa shape index (κ2) is 3.05. The molecule has 1 aliphatic carbocycles. The van der Waals surface area contributed by atoms with Gasteiger partial charge in [-0.05, 0) is 28.3 Å². The van der Waals surface area contributed by atoms with Gasteiger partial charge in [-0.25, -0.2) is 0 Å². The van der Waals surface area contributed by atoms with E-state index in [1.54, 1.807) is 0 Å². The molecule has 76 valence electrons. The Morgan fingerprint density at radius 3 is 2.53 bits per heavy atom. The third-order valence-electron chi connectivity index (χ3n) is 3.30. The van der Waals surface area contributed by atoms with Crippen molar-refractivity contribution in [3.8, 4) is 0 Å². The molecule has 0 saturated carbocycles. The van der Waals surface area contributed by atoms with Gasteiger partial charge in [-0.1, -0.05) is 36.4 Å². The maximum atomic E-state index is 6.12. The molecular weight excluding hydrogens is 184 g/mol. The van der Waals surface area contributed by atoms with Crippen molar-refractivity contribution in [2.45, 2.75) is 18.5 Å². The highest BCUT2D eigenvalue weighted by Gasteiger charge is 2.24. The van der Waals surface area contributed by atoms with Gasteiger partial charge in [0.1, 0.15) is 0 Å². The predicted molar refractivity (Wildman–Crippen MR) is 62.6 cm³/mol. The second-order valence-electron chi connectivity index (χ2n) is 4.26. The molecule has 0 spiro atoms. The first-order valence-electron chi connectivity index (χ1n) is 5.29. The monoisotopic (exact) mass is 198 g/mol. The van der Waals surface area contributed by atoms with Gasteiger partial charge in [-0.15, -0.1) is 0 Å². The summed E-state index contributed by atoms with van der Waals surface area (Å²) in [6.07, 6.45) is 0.884. The van der Waals surface area contributed by atoms with Gasteiger partial charge in [-0.3, -0.25) is 0 Å². The Bertz CT molecular complexity index is 514. The van der Waals surface area contributed by atoms with Gasteiger partial charge in [0.25, 0.3) is 0 Å². The number of nitrogens with two attached hydrogens (primary N) is 2. The lowest BCUT2D eigenvalue weighted by Crippen LogP contribution is -2.38. The van der Waals surface area contributed by atoms with Crippen molar-refractivity contribution >= 4 is 10.8 Å². The first-order valence-corrected chi connectivity index (χ1v) is 5.29. The smallest absolute Gasteiger partial charge is 0.0458 e. The summed E-state index contributed by atoms with van der Waals surface area (Å²) < 4.78 is 0. The van der Waals surface area contributed by atoms with Gasteiger partial charge >= 0.3 is 0 Å². The van der Waals surface area contributed by atoms with Gasteiger partial charge in [0.15, 0.2) is 0 Å². The zero-order valence-corrected chi connectivity index (χ0v) is 8.48. The van der Waals surface area contributed by atoms with Crippen molar-refractivity contribution in [2.24, 2.45) is 11.5 Å². The van der Waals surface area contributed by atoms with Crippen molar-refractivity contribution in [3.05, 3.63) is 47.5 Å². The Morgan fingerprint density at radius 2 is 1.73 bits per heavy atom. The van der Waals surface area contributed by atoms with E-state index in [-0.39, 0.29) is 12.1 Å². The lowest BCUT2D eigenvalue weighted by molar-refractivity contribution is 0.537. The molecule has 3 rings (SSSR count). The van der Waals surface area contributed by atoms with Crippen LogP contribution in [0.15, 0.2) is 36.4 Å². The van der Waals surface area contributed by atoms with E-state index in [4.69, 9.17) is 11.5 Å². The summed E-state index contributed by atoms with van der Waals surface area (Å²) in [5.41, 5.74) is 14.7. The molecule has 0 heterocycles. The molecule has 0 aliphatic heterocycles. The summed E-state index contributed by atoms with van der Waals surface area (Å²) in [5.74, 6) is 0. The highest BCUT2D eigenvalue weighted by atomic mass is 14.8.